The van der Waals surface area contributed by atoms with Crippen molar-refractivity contribution in [3.8, 4) is 0 Å². The van der Waals surface area contributed by atoms with Crippen LogP contribution in [0.4, 0.5) is 0 Å². The van der Waals surface area contributed by atoms with E-state index in [4.69, 9.17) is 0 Å². The van der Waals surface area contributed by atoms with E-state index in [0.717, 1.165) is 13.1 Å². The number of thiophene rings is 2. The first-order chi connectivity index (χ1) is 7.99. The predicted octanol–water partition coefficient (Wildman–Crippen LogP) is 3.81. The lowest BCUT2D eigenvalue weighted by Crippen LogP contribution is -2.21. The fraction of sp³-hybridized carbons (Fsp3) is 0.111. The van der Waals surface area contributed by atoms with Crippen LogP contribution < -0.4 is 4.72 Å². The average Bonchev–Trinajstić information content (AvgIpc) is 2.85. The molecular formula is C9H7Br2NO2S3. The Bertz CT molecular complexity index is 618. The first kappa shape index (κ1) is 13.7. The number of hydrogen-bond acceptors (Lipinski definition) is 4. The molecule has 92 valence electrons. The van der Waals surface area contributed by atoms with E-state index in [0.29, 0.717) is 10.8 Å². The van der Waals surface area contributed by atoms with E-state index in [9.17, 15) is 8.42 Å². The summed E-state index contributed by atoms with van der Waals surface area (Å²) in [5, 5.41) is 1.91. The van der Waals surface area contributed by atoms with Gasteiger partial charge in [-0.3, -0.25) is 0 Å². The van der Waals surface area contributed by atoms with Gasteiger partial charge in [-0.05, 0) is 55.4 Å². The summed E-state index contributed by atoms with van der Waals surface area (Å²) in [5.74, 6) is 0. The first-order valence-corrected chi connectivity index (χ1v) is 9.22. The van der Waals surface area contributed by atoms with Crippen LogP contribution in [0.3, 0.4) is 0 Å². The molecule has 0 spiro atoms. The minimum absolute atomic E-state index is 0.302. The van der Waals surface area contributed by atoms with E-state index in [1.165, 1.54) is 22.7 Å². The van der Waals surface area contributed by atoms with Crippen molar-refractivity contribution >= 4 is 64.6 Å². The zero-order chi connectivity index (χ0) is 12.5. The molecule has 17 heavy (non-hydrogen) atoms. The van der Waals surface area contributed by atoms with Crippen molar-refractivity contribution in [2.24, 2.45) is 0 Å². The molecule has 0 saturated carbocycles. The standard InChI is InChI=1S/C9H7Br2NO2S3/c10-6-3-4-15-7(6)5-12-17(13,14)9-2-1-8(11)16-9/h1-4,12H,5H2. The van der Waals surface area contributed by atoms with Gasteiger partial charge >= 0.3 is 0 Å². The largest absolute Gasteiger partial charge is 0.250 e. The summed E-state index contributed by atoms with van der Waals surface area (Å²) in [5.41, 5.74) is 0. The van der Waals surface area contributed by atoms with Crippen LogP contribution in [-0.2, 0) is 16.6 Å². The van der Waals surface area contributed by atoms with Crippen molar-refractivity contribution < 1.29 is 8.42 Å². The van der Waals surface area contributed by atoms with Crippen LogP contribution in [0.5, 0.6) is 0 Å². The van der Waals surface area contributed by atoms with E-state index < -0.39 is 10.0 Å². The van der Waals surface area contributed by atoms with Crippen LogP contribution in [0.1, 0.15) is 4.88 Å². The van der Waals surface area contributed by atoms with Crippen molar-refractivity contribution in [2.75, 3.05) is 0 Å². The van der Waals surface area contributed by atoms with Gasteiger partial charge in [-0.2, -0.15) is 0 Å². The normalized spacial score (nSPS) is 11.9. The molecule has 2 rings (SSSR count). The van der Waals surface area contributed by atoms with Crippen LogP contribution >= 0.6 is 54.5 Å². The van der Waals surface area contributed by atoms with Crippen molar-refractivity contribution in [2.45, 2.75) is 10.8 Å². The topological polar surface area (TPSA) is 46.2 Å². The van der Waals surface area contributed by atoms with Crippen LogP contribution in [0.25, 0.3) is 0 Å². The molecule has 0 aromatic carbocycles. The summed E-state index contributed by atoms with van der Waals surface area (Å²) in [4.78, 5) is 0.962. The minimum atomic E-state index is -3.41. The van der Waals surface area contributed by atoms with Gasteiger partial charge in [-0.1, -0.05) is 0 Å². The van der Waals surface area contributed by atoms with E-state index in [-0.39, 0.29) is 0 Å². The zero-order valence-electron chi connectivity index (χ0n) is 8.31. The quantitative estimate of drug-likeness (QED) is 0.823. The second-order valence-corrected chi connectivity index (χ2v) is 9.39. The van der Waals surface area contributed by atoms with Crippen molar-refractivity contribution in [1.82, 2.24) is 4.72 Å². The minimum Gasteiger partial charge on any atom is -0.206 e. The lowest BCUT2D eigenvalue weighted by Gasteiger charge is -2.03. The summed E-state index contributed by atoms with van der Waals surface area (Å²) >= 11 is 9.32. The Morgan fingerprint density at radius 1 is 1.24 bits per heavy atom. The van der Waals surface area contributed by atoms with Gasteiger partial charge in [-0.25, -0.2) is 13.1 Å². The highest BCUT2D eigenvalue weighted by Gasteiger charge is 2.16. The van der Waals surface area contributed by atoms with E-state index in [2.05, 4.69) is 36.6 Å². The fourth-order valence-electron chi connectivity index (χ4n) is 1.13. The van der Waals surface area contributed by atoms with E-state index in [1.54, 1.807) is 12.1 Å². The number of sulfonamides is 1. The Kier molecular flexibility index (Phi) is 4.43. The maximum atomic E-state index is 11.9. The maximum absolute atomic E-state index is 11.9. The molecule has 0 unspecified atom stereocenters. The first-order valence-electron chi connectivity index (χ1n) is 4.46. The summed E-state index contributed by atoms with van der Waals surface area (Å²) in [6.07, 6.45) is 0. The van der Waals surface area contributed by atoms with Gasteiger partial charge in [0.25, 0.3) is 0 Å². The van der Waals surface area contributed by atoms with Crippen molar-refractivity contribution in [3.05, 3.63) is 36.7 Å². The number of hydrogen-bond donors (Lipinski definition) is 1. The Labute approximate surface area is 124 Å². The van der Waals surface area contributed by atoms with Gasteiger partial charge in [0, 0.05) is 15.9 Å². The molecule has 8 heteroatoms. The molecule has 0 radical (unpaired) electrons. The fourth-order valence-corrected chi connectivity index (χ4v) is 5.70. The van der Waals surface area contributed by atoms with Crippen LogP contribution in [0.2, 0.25) is 0 Å². The maximum Gasteiger partial charge on any atom is 0.250 e. The summed E-state index contributed by atoms with van der Waals surface area (Å²) in [6.45, 7) is 0.302. The molecule has 0 fully saturated rings. The summed E-state index contributed by atoms with van der Waals surface area (Å²) in [7, 11) is -3.41. The van der Waals surface area contributed by atoms with Gasteiger partial charge in [0.2, 0.25) is 10.0 Å². The molecule has 0 aliphatic carbocycles. The monoisotopic (exact) mass is 415 g/mol. The summed E-state index contributed by atoms with van der Waals surface area (Å²) in [6, 6.07) is 5.21. The third kappa shape index (κ3) is 3.39. The molecule has 0 saturated heterocycles. The molecule has 0 aliphatic heterocycles. The van der Waals surface area contributed by atoms with Gasteiger partial charge in [0.05, 0.1) is 3.79 Å². The van der Waals surface area contributed by atoms with E-state index in [1.807, 2.05) is 11.4 Å². The lowest BCUT2D eigenvalue weighted by atomic mass is 10.5. The molecular weight excluding hydrogens is 410 g/mol. The molecule has 2 aromatic rings. The smallest absolute Gasteiger partial charge is 0.206 e. The van der Waals surface area contributed by atoms with Crippen LogP contribution in [0.15, 0.2) is 36.0 Å². The van der Waals surface area contributed by atoms with Crippen molar-refractivity contribution in [1.29, 1.82) is 0 Å². The Balaban J connectivity index is 2.11. The molecule has 2 heterocycles. The molecule has 0 bridgehead atoms. The van der Waals surface area contributed by atoms with Crippen LogP contribution in [0, 0.1) is 0 Å². The molecule has 0 amide bonds. The Hall–Kier alpha value is 0.270. The molecule has 0 atom stereocenters. The third-order valence-electron chi connectivity index (χ3n) is 1.93. The second kappa shape index (κ2) is 5.50. The van der Waals surface area contributed by atoms with Gasteiger partial charge in [0.15, 0.2) is 0 Å². The zero-order valence-corrected chi connectivity index (χ0v) is 13.9. The Morgan fingerprint density at radius 2 is 2.00 bits per heavy atom. The number of halogens is 2. The average molecular weight is 417 g/mol. The molecule has 1 N–H and O–H groups in total. The molecule has 3 nitrogen and oxygen atoms in total. The lowest BCUT2D eigenvalue weighted by molar-refractivity contribution is 0.584. The van der Waals surface area contributed by atoms with Gasteiger partial charge < -0.3 is 0 Å². The van der Waals surface area contributed by atoms with Gasteiger partial charge in [0.1, 0.15) is 4.21 Å². The SMILES string of the molecule is O=S(=O)(NCc1sccc1Br)c1ccc(Br)s1. The number of nitrogens with one attached hydrogen (secondary N) is 1. The number of rotatable bonds is 4. The summed E-state index contributed by atoms with van der Waals surface area (Å²) < 4.78 is 28.5. The van der Waals surface area contributed by atoms with E-state index >= 15 is 0 Å². The second-order valence-electron chi connectivity index (χ2n) is 3.07. The highest BCUT2D eigenvalue weighted by molar-refractivity contribution is 9.11. The highest BCUT2D eigenvalue weighted by Crippen LogP contribution is 2.27. The van der Waals surface area contributed by atoms with Crippen LogP contribution in [-0.4, -0.2) is 8.42 Å². The predicted molar refractivity (Wildman–Crippen MR) is 78.1 cm³/mol. The van der Waals surface area contributed by atoms with Crippen molar-refractivity contribution in [3.63, 3.8) is 0 Å². The highest BCUT2D eigenvalue weighted by atomic mass is 79.9. The van der Waals surface area contributed by atoms with Gasteiger partial charge in [-0.15, -0.1) is 22.7 Å². The Morgan fingerprint density at radius 3 is 2.53 bits per heavy atom. The molecule has 0 aliphatic rings. The third-order valence-corrected chi connectivity index (χ3v) is 7.37. The molecule has 2 aromatic heterocycles.